The summed E-state index contributed by atoms with van der Waals surface area (Å²) < 4.78 is 0. The van der Waals surface area contributed by atoms with Gasteiger partial charge in [0.25, 0.3) is 0 Å². The van der Waals surface area contributed by atoms with Gasteiger partial charge in [-0.1, -0.05) is 25.8 Å². The maximum Gasteiger partial charge on any atom is 0.248 e. The van der Waals surface area contributed by atoms with Gasteiger partial charge >= 0.3 is 0 Å². The second-order valence-corrected chi connectivity index (χ2v) is 5.30. The van der Waals surface area contributed by atoms with E-state index in [1.807, 2.05) is 13.0 Å². The molecular formula is C15H24N2O. The van der Waals surface area contributed by atoms with Crippen LogP contribution in [0.15, 0.2) is 16.9 Å². The number of piperidine rings is 1. The molecule has 1 saturated heterocycles. The third-order valence-corrected chi connectivity index (χ3v) is 3.93. The predicted molar refractivity (Wildman–Crippen MR) is 74.9 cm³/mol. The number of hydrogen-bond acceptors (Lipinski definition) is 2. The number of nitrogens with one attached hydrogen (secondary N) is 1. The number of aryl methyl sites for hydroxylation is 1. The molecule has 0 amide bonds. The van der Waals surface area contributed by atoms with Crippen molar-refractivity contribution in [2.24, 2.45) is 0 Å². The van der Waals surface area contributed by atoms with Crippen LogP contribution in [0.2, 0.25) is 0 Å². The smallest absolute Gasteiger partial charge is 0.248 e. The van der Waals surface area contributed by atoms with Crippen LogP contribution >= 0.6 is 0 Å². The van der Waals surface area contributed by atoms with E-state index in [9.17, 15) is 4.79 Å². The molecule has 1 aliphatic heterocycles. The molecule has 2 rings (SSSR count). The Kier molecular flexibility index (Phi) is 4.59. The molecule has 0 radical (unpaired) electrons. The second-order valence-electron chi connectivity index (χ2n) is 5.30. The van der Waals surface area contributed by atoms with Crippen LogP contribution < -0.4 is 5.56 Å². The highest BCUT2D eigenvalue weighted by atomic mass is 16.1. The fourth-order valence-corrected chi connectivity index (χ4v) is 2.92. The molecule has 0 aromatic carbocycles. The Balaban J connectivity index is 2.19. The Labute approximate surface area is 109 Å². The van der Waals surface area contributed by atoms with E-state index >= 15 is 0 Å². The zero-order valence-corrected chi connectivity index (χ0v) is 11.5. The summed E-state index contributed by atoms with van der Waals surface area (Å²) in [5.74, 6) is 0. The van der Waals surface area contributed by atoms with E-state index in [1.54, 1.807) is 6.07 Å². The normalized spacial score (nSPS) is 21.1. The van der Waals surface area contributed by atoms with Gasteiger partial charge in [0.1, 0.15) is 0 Å². The van der Waals surface area contributed by atoms with Gasteiger partial charge in [-0.25, -0.2) is 0 Å². The number of hydrogen-bond donors (Lipinski definition) is 1. The predicted octanol–water partition coefficient (Wildman–Crippen LogP) is 3.01. The highest BCUT2D eigenvalue weighted by molar-refractivity contribution is 5.23. The lowest BCUT2D eigenvalue weighted by molar-refractivity contribution is 0.146. The molecule has 1 atom stereocenters. The van der Waals surface area contributed by atoms with Crippen molar-refractivity contribution in [1.29, 1.82) is 0 Å². The first-order valence-electron chi connectivity index (χ1n) is 7.16. The third-order valence-electron chi connectivity index (χ3n) is 3.93. The SMILES string of the molecule is CCCCN1CCCC[C@H]1c1ccc(=O)[nH]c1C. The fourth-order valence-electron chi connectivity index (χ4n) is 2.92. The van der Waals surface area contributed by atoms with Crippen molar-refractivity contribution < 1.29 is 0 Å². The third kappa shape index (κ3) is 3.02. The fraction of sp³-hybridized carbons (Fsp3) is 0.667. The van der Waals surface area contributed by atoms with Gasteiger partial charge in [-0.2, -0.15) is 0 Å². The van der Waals surface area contributed by atoms with Crippen molar-refractivity contribution in [2.45, 2.75) is 52.0 Å². The first-order valence-corrected chi connectivity index (χ1v) is 7.16. The number of nitrogens with zero attached hydrogens (tertiary/aromatic N) is 1. The van der Waals surface area contributed by atoms with Crippen LogP contribution in [0, 0.1) is 6.92 Å². The van der Waals surface area contributed by atoms with Crippen LogP contribution in [0.3, 0.4) is 0 Å². The second kappa shape index (κ2) is 6.19. The topological polar surface area (TPSA) is 36.1 Å². The number of aromatic amines is 1. The molecule has 0 saturated carbocycles. The maximum absolute atomic E-state index is 11.3. The van der Waals surface area contributed by atoms with Crippen molar-refractivity contribution in [1.82, 2.24) is 9.88 Å². The van der Waals surface area contributed by atoms with Gasteiger partial charge in [0, 0.05) is 17.8 Å². The quantitative estimate of drug-likeness (QED) is 0.889. The number of likely N-dealkylation sites (tertiary alicyclic amines) is 1. The van der Waals surface area contributed by atoms with Gasteiger partial charge in [-0.15, -0.1) is 0 Å². The summed E-state index contributed by atoms with van der Waals surface area (Å²) >= 11 is 0. The number of H-pyrrole nitrogens is 1. The standard InChI is InChI=1S/C15H24N2O/c1-3-4-10-17-11-6-5-7-14(17)13-8-9-15(18)16-12(13)2/h8-9,14H,3-7,10-11H2,1-2H3,(H,16,18)/t14-/m0/s1. The minimum absolute atomic E-state index is 0.00664. The van der Waals surface area contributed by atoms with Crippen molar-refractivity contribution in [3.63, 3.8) is 0 Å². The molecule has 2 heterocycles. The molecule has 0 bridgehead atoms. The first kappa shape index (κ1) is 13.3. The monoisotopic (exact) mass is 248 g/mol. The van der Waals surface area contributed by atoms with E-state index in [-0.39, 0.29) is 5.56 Å². The van der Waals surface area contributed by atoms with Crippen LogP contribution in [0.1, 0.15) is 56.3 Å². The van der Waals surface area contributed by atoms with E-state index in [1.165, 1.54) is 50.8 Å². The lowest BCUT2D eigenvalue weighted by Crippen LogP contribution is -2.35. The largest absolute Gasteiger partial charge is 0.326 e. The summed E-state index contributed by atoms with van der Waals surface area (Å²) in [6, 6.07) is 4.18. The van der Waals surface area contributed by atoms with Crippen molar-refractivity contribution in [3.05, 3.63) is 33.7 Å². The zero-order chi connectivity index (χ0) is 13.0. The number of aromatic nitrogens is 1. The minimum Gasteiger partial charge on any atom is -0.326 e. The Hall–Kier alpha value is -1.09. The zero-order valence-electron chi connectivity index (χ0n) is 11.5. The molecule has 3 heteroatoms. The maximum atomic E-state index is 11.3. The van der Waals surface area contributed by atoms with E-state index in [2.05, 4.69) is 16.8 Å². The highest BCUT2D eigenvalue weighted by Gasteiger charge is 2.24. The molecule has 1 fully saturated rings. The van der Waals surface area contributed by atoms with Gasteiger partial charge in [-0.05, 0) is 44.8 Å². The molecule has 1 aromatic rings. The Morgan fingerprint density at radius 1 is 1.39 bits per heavy atom. The van der Waals surface area contributed by atoms with Gasteiger partial charge in [0.15, 0.2) is 0 Å². The van der Waals surface area contributed by atoms with Gasteiger partial charge < -0.3 is 4.98 Å². The van der Waals surface area contributed by atoms with E-state index in [4.69, 9.17) is 0 Å². The molecular weight excluding hydrogens is 224 g/mol. The molecule has 0 unspecified atom stereocenters. The number of pyridine rings is 1. The average molecular weight is 248 g/mol. The van der Waals surface area contributed by atoms with E-state index in [0.717, 1.165) is 5.69 Å². The highest BCUT2D eigenvalue weighted by Crippen LogP contribution is 2.31. The molecule has 18 heavy (non-hydrogen) atoms. The summed E-state index contributed by atoms with van der Waals surface area (Å²) in [6.07, 6.45) is 6.33. The molecule has 100 valence electrons. The molecule has 1 N–H and O–H groups in total. The van der Waals surface area contributed by atoms with Crippen LogP contribution in [0.5, 0.6) is 0 Å². The summed E-state index contributed by atoms with van der Waals surface area (Å²) in [6.45, 7) is 6.64. The molecule has 1 aromatic heterocycles. The molecule has 0 aliphatic carbocycles. The van der Waals surface area contributed by atoms with Crippen molar-refractivity contribution in [2.75, 3.05) is 13.1 Å². The van der Waals surface area contributed by atoms with Crippen LogP contribution in [0.4, 0.5) is 0 Å². The van der Waals surface area contributed by atoms with Gasteiger partial charge in [-0.3, -0.25) is 9.69 Å². The van der Waals surface area contributed by atoms with E-state index < -0.39 is 0 Å². The Morgan fingerprint density at radius 2 is 2.22 bits per heavy atom. The Bertz CT molecular complexity index is 438. The van der Waals surface area contributed by atoms with Crippen molar-refractivity contribution >= 4 is 0 Å². The van der Waals surface area contributed by atoms with Crippen molar-refractivity contribution in [3.8, 4) is 0 Å². The molecule has 1 aliphatic rings. The minimum atomic E-state index is 0.00664. The lowest BCUT2D eigenvalue weighted by Gasteiger charge is -2.36. The van der Waals surface area contributed by atoms with Gasteiger partial charge in [0.05, 0.1) is 0 Å². The lowest BCUT2D eigenvalue weighted by atomic mass is 9.94. The van der Waals surface area contributed by atoms with Crippen LogP contribution in [-0.2, 0) is 0 Å². The molecule has 0 spiro atoms. The first-order chi connectivity index (χ1) is 8.72. The number of unbranched alkanes of at least 4 members (excludes halogenated alkanes) is 1. The van der Waals surface area contributed by atoms with Crippen LogP contribution in [-0.4, -0.2) is 23.0 Å². The van der Waals surface area contributed by atoms with Gasteiger partial charge in [0.2, 0.25) is 5.56 Å². The average Bonchev–Trinajstić information content (AvgIpc) is 2.37. The summed E-state index contributed by atoms with van der Waals surface area (Å²) in [4.78, 5) is 16.8. The number of rotatable bonds is 4. The summed E-state index contributed by atoms with van der Waals surface area (Å²) in [5.41, 5.74) is 2.36. The Morgan fingerprint density at radius 3 is 2.94 bits per heavy atom. The summed E-state index contributed by atoms with van der Waals surface area (Å²) in [5, 5.41) is 0. The van der Waals surface area contributed by atoms with Crippen LogP contribution in [0.25, 0.3) is 0 Å². The molecule has 3 nitrogen and oxygen atoms in total. The van der Waals surface area contributed by atoms with E-state index in [0.29, 0.717) is 6.04 Å². The summed E-state index contributed by atoms with van der Waals surface area (Å²) in [7, 11) is 0.